The maximum absolute atomic E-state index is 11.8. The summed E-state index contributed by atoms with van der Waals surface area (Å²) in [7, 11) is 0. The van der Waals surface area contributed by atoms with Crippen molar-refractivity contribution in [3.63, 3.8) is 0 Å². The van der Waals surface area contributed by atoms with Crippen LogP contribution in [0, 0.1) is 6.92 Å². The molecule has 1 aromatic heterocycles. The molecule has 16 heavy (non-hydrogen) atoms. The molecule has 0 saturated heterocycles. The van der Waals surface area contributed by atoms with E-state index in [2.05, 4.69) is 5.10 Å². The van der Waals surface area contributed by atoms with Gasteiger partial charge in [-0.1, -0.05) is 13.8 Å². The zero-order chi connectivity index (χ0) is 12.5. The first kappa shape index (κ1) is 12.7. The highest BCUT2D eigenvalue weighted by Crippen LogP contribution is 2.15. The monoisotopic (exact) mass is 224 g/mol. The van der Waals surface area contributed by atoms with Gasteiger partial charge in [0.1, 0.15) is 5.60 Å². The number of nitrogens with zero attached hydrogens (tertiary/aromatic N) is 2. The number of ether oxygens (including phenoxy) is 1. The van der Waals surface area contributed by atoms with Crippen molar-refractivity contribution >= 4 is 6.09 Å². The number of carbonyl (C=O) groups excluding carboxylic acids is 1. The van der Waals surface area contributed by atoms with Crippen LogP contribution in [-0.4, -0.2) is 21.5 Å². The van der Waals surface area contributed by atoms with Gasteiger partial charge in [0.15, 0.2) is 0 Å². The normalized spacial score (nSPS) is 11.9. The van der Waals surface area contributed by atoms with Gasteiger partial charge in [0, 0.05) is 5.69 Å². The second-order valence-electron chi connectivity index (χ2n) is 5.26. The summed E-state index contributed by atoms with van der Waals surface area (Å²) in [6.45, 7) is 11.5. The van der Waals surface area contributed by atoms with Gasteiger partial charge in [0.2, 0.25) is 0 Å². The minimum Gasteiger partial charge on any atom is -0.442 e. The molecule has 4 heteroatoms. The SMILES string of the molecule is Cc1cc(C(C)C)nn1C(=O)OC(C)(C)C. The Kier molecular flexibility index (Phi) is 3.41. The molecule has 0 aromatic carbocycles. The van der Waals surface area contributed by atoms with Gasteiger partial charge >= 0.3 is 6.09 Å². The maximum atomic E-state index is 11.8. The lowest BCUT2D eigenvalue weighted by atomic mass is 10.1. The molecular formula is C12H20N2O2. The molecule has 0 bridgehead atoms. The second-order valence-corrected chi connectivity index (χ2v) is 5.26. The fourth-order valence-electron chi connectivity index (χ4n) is 1.27. The summed E-state index contributed by atoms with van der Waals surface area (Å²) in [6.07, 6.45) is -0.420. The summed E-state index contributed by atoms with van der Waals surface area (Å²) in [5, 5.41) is 4.24. The van der Waals surface area contributed by atoms with Gasteiger partial charge in [-0.05, 0) is 39.7 Å². The molecule has 4 nitrogen and oxygen atoms in total. The van der Waals surface area contributed by atoms with Crippen LogP contribution in [0.15, 0.2) is 6.07 Å². The van der Waals surface area contributed by atoms with Crippen molar-refractivity contribution in [1.29, 1.82) is 0 Å². The Morgan fingerprint density at radius 1 is 1.44 bits per heavy atom. The standard InChI is InChI=1S/C12H20N2O2/c1-8(2)10-7-9(3)14(13-10)11(15)16-12(4,5)6/h7-8H,1-6H3. The van der Waals surface area contributed by atoms with Crippen LogP contribution in [-0.2, 0) is 4.74 Å². The highest BCUT2D eigenvalue weighted by Gasteiger charge is 2.20. The third kappa shape index (κ3) is 3.08. The Labute approximate surface area is 96.6 Å². The molecule has 0 unspecified atom stereocenters. The minimum atomic E-state index is -0.493. The second kappa shape index (κ2) is 4.28. The average Bonchev–Trinajstić information content (AvgIpc) is 2.44. The number of hydrogen-bond donors (Lipinski definition) is 0. The van der Waals surface area contributed by atoms with E-state index < -0.39 is 11.7 Å². The largest absolute Gasteiger partial charge is 0.442 e. The first-order valence-electron chi connectivity index (χ1n) is 5.50. The molecule has 0 aliphatic heterocycles. The number of hydrogen-bond acceptors (Lipinski definition) is 3. The van der Waals surface area contributed by atoms with Crippen molar-refractivity contribution in [1.82, 2.24) is 9.78 Å². The minimum absolute atomic E-state index is 0.308. The molecule has 1 rings (SSSR count). The van der Waals surface area contributed by atoms with Crippen LogP contribution in [0.2, 0.25) is 0 Å². The lowest BCUT2D eigenvalue weighted by molar-refractivity contribution is 0.0510. The number of carbonyl (C=O) groups is 1. The molecular weight excluding hydrogens is 204 g/mol. The summed E-state index contributed by atoms with van der Waals surface area (Å²) in [4.78, 5) is 11.8. The summed E-state index contributed by atoms with van der Waals surface area (Å²) >= 11 is 0. The van der Waals surface area contributed by atoms with Crippen LogP contribution < -0.4 is 0 Å². The Morgan fingerprint density at radius 3 is 2.38 bits per heavy atom. The number of aromatic nitrogens is 2. The van der Waals surface area contributed by atoms with Gasteiger partial charge in [-0.2, -0.15) is 9.78 Å². The Morgan fingerprint density at radius 2 is 2.00 bits per heavy atom. The first-order chi connectivity index (χ1) is 7.20. The van der Waals surface area contributed by atoms with E-state index >= 15 is 0 Å². The zero-order valence-corrected chi connectivity index (χ0v) is 10.9. The Hall–Kier alpha value is -1.32. The lowest BCUT2D eigenvalue weighted by Crippen LogP contribution is -2.28. The van der Waals surface area contributed by atoms with Crippen molar-refractivity contribution in [2.75, 3.05) is 0 Å². The van der Waals surface area contributed by atoms with Crippen LogP contribution in [0.25, 0.3) is 0 Å². The fraction of sp³-hybridized carbons (Fsp3) is 0.667. The Balaban J connectivity index is 2.92. The predicted molar refractivity (Wildman–Crippen MR) is 62.7 cm³/mol. The van der Waals surface area contributed by atoms with E-state index in [9.17, 15) is 4.79 Å². The summed E-state index contributed by atoms with van der Waals surface area (Å²) < 4.78 is 6.58. The van der Waals surface area contributed by atoms with Crippen LogP contribution >= 0.6 is 0 Å². The van der Waals surface area contributed by atoms with Crippen molar-refractivity contribution in [3.8, 4) is 0 Å². The van der Waals surface area contributed by atoms with Gasteiger partial charge in [-0.15, -0.1) is 0 Å². The molecule has 0 N–H and O–H groups in total. The molecule has 0 aliphatic rings. The maximum Gasteiger partial charge on any atom is 0.435 e. The third-order valence-corrected chi connectivity index (χ3v) is 2.06. The van der Waals surface area contributed by atoms with E-state index in [1.165, 1.54) is 4.68 Å². The Bertz CT molecular complexity index is 386. The molecule has 0 saturated carbocycles. The summed E-state index contributed by atoms with van der Waals surface area (Å²) in [6, 6.07) is 1.91. The molecule has 90 valence electrons. The third-order valence-electron chi connectivity index (χ3n) is 2.06. The zero-order valence-electron chi connectivity index (χ0n) is 10.9. The van der Waals surface area contributed by atoms with Crippen LogP contribution in [0.1, 0.15) is 51.9 Å². The van der Waals surface area contributed by atoms with E-state index in [1.807, 2.05) is 47.6 Å². The smallest absolute Gasteiger partial charge is 0.435 e. The van der Waals surface area contributed by atoms with Crippen molar-refractivity contribution in [2.24, 2.45) is 0 Å². The van der Waals surface area contributed by atoms with Crippen molar-refractivity contribution in [3.05, 3.63) is 17.5 Å². The molecule has 1 heterocycles. The molecule has 0 radical (unpaired) electrons. The van der Waals surface area contributed by atoms with Gasteiger partial charge < -0.3 is 4.74 Å². The molecule has 0 atom stereocenters. The molecule has 0 amide bonds. The van der Waals surface area contributed by atoms with Gasteiger partial charge in [0.25, 0.3) is 0 Å². The number of aryl methyl sites for hydroxylation is 1. The van der Waals surface area contributed by atoms with Gasteiger partial charge in [-0.3, -0.25) is 0 Å². The first-order valence-corrected chi connectivity index (χ1v) is 5.50. The van der Waals surface area contributed by atoms with Crippen molar-refractivity contribution < 1.29 is 9.53 Å². The van der Waals surface area contributed by atoms with Gasteiger partial charge in [0.05, 0.1) is 5.69 Å². The molecule has 0 fully saturated rings. The highest BCUT2D eigenvalue weighted by atomic mass is 16.6. The van der Waals surface area contributed by atoms with Crippen LogP contribution in [0.5, 0.6) is 0 Å². The summed E-state index contributed by atoms with van der Waals surface area (Å²) in [5.41, 5.74) is 1.22. The highest BCUT2D eigenvalue weighted by molar-refractivity contribution is 5.70. The molecule has 0 aliphatic carbocycles. The van der Waals surface area contributed by atoms with Crippen LogP contribution in [0.4, 0.5) is 4.79 Å². The lowest BCUT2D eigenvalue weighted by Gasteiger charge is -2.19. The molecule has 0 spiro atoms. The van der Waals surface area contributed by atoms with E-state index in [1.54, 1.807) is 0 Å². The fourth-order valence-corrected chi connectivity index (χ4v) is 1.27. The topological polar surface area (TPSA) is 44.1 Å². The quantitative estimate of drug-likeness (QED) is 0.736. The predicted octanol–water partition coefficient (Wildman–Crippen LogP) is 3.10. The van der Waals surface area contributed by atoms with Crippen molar-refractivity contribution in [2.45, 2.75) is 53.1 Å². The summed E-state index contributed by atoms with van der Waals surface area (Å²) in [5.74, 6) is 0.308. The van der Waals surface area contributed by atoms with Crippen LogP contribution in [0.3, 0.4) is 0 Å². The average molecular weight is 224 g/mol. The van der Waals surface area contributed by atoms with E-state index in [4.69, 9.17) is 4.74 Å². The van der Waals surface area contributed by atoms with E-state index in [0.717, 1.165) is 11.4 Å². The van der Waals surface area contributed by atoms with E-state index in [0.29, 0.717) is 5.92 Å². The van der Waals surface area contributed by atoms with E-state index in [-0.39, 0.29) is 0 Å². The van der Waals surface area contributed by atoms with Gasteiger partial charge in [-0.25, -0.2) is 4.79 Å². The molecule has 1 aromatic rings. The number of rotatable bonds is 1.